The van der Waals surface area contributed by atoms with Gasteiger partial charge in [0.1, 0.15) is 12.3 Å². The molecule has 0 amide bonds. The molecule has 1 aliphatic carbocycles. The van der Waals surface area contributed by atoms with Crippen LogP contribution in [-0.4, -0.2) is 25.1 Å². The summed E-state index contributed by atoms with van der Waals surface area (Å²) in [5.74, 6) is -0.0329. The molecule has 0 aromatic carbocycles. The Morgan fingerprint density at radius 2 is 1.92 bits per heavy atom. The van der Waals surface area contributed by atoms with Crippen molar-refractivity contribution in [1.82, 2.24) is 0 Å². The van der Waals surface area contributed by atoms with E-state index in [2.05, 4.69) is 0 Å². The smallest absolute Gasteiger partial charge is 0.108 e. The van der Waals surface area contributed by atoms with Crippen LogP contribution in [0.1, 0.15) is 32.1 Å². The lowest BCUT2D eigenvalue weighted by Crippen LogP contribution is -2.35. The van der Waals surface area contributed by atoms with Crippen LogP contribution in [-0.2, 0) is 4.74 Å². The number of hydrogen-bond acceptors (Lipinski definition) is 1. The largest absolute Gasteiger partial charge is 0.378 e. The predicted molar refractivity (Wildman–Crippen MR) is 46.1 cm³/mol. The van der Waals surface area contributed by atoms with Gasteiger partial charge in [0.15, 0.2) is 0 Å². The van der Waals surface area contributed by atoms with Gasteiger partial charge in [-0.05, 0) is 25.7 Å². The Morgan fingerprint density at radius 1 is 1.08 bits per heavy atom. The summed E-state index contributed by atoms with van der Waals surface area (Å²) in [6.45, 7) is 0.757. The highest BCUT2D eigenvalue weighted by Gasteiger charge is 2.37. The van der Waals surface area contributed by atoms with E-state index < -0.39 is 12.3 Å². The summed E-state index contributed by atoms with van der Waals surface area (Å²) in [6.07, 6.45) is 1.43. The number of rotatable bonds is 1. The van der Waals surface area contributed by atoms with Gasteiger partial charge in [-0.1, -0.05) is 0 Å². The first-order valence-electron chi connectivity index (χ1n) is 5.17. The van der Waals surface area contributed by atoms with Crippen molar-refractivity contribution in [1.29, 1.82) is 0 Å². The van der Waals surface area contributed by atoms with Crippen LogP contribution in [0.2, 0.25) is 0 Å². The van der Waals surface area contributed by atoms with Crippen LogP contribution in [0.5, 0.6) is 0 Å². The molecule has 0 N–H and O–H groups in total. The van der Waals surface area contributed by atoms with Gasteiger partial charge < -0.3 is 4.74 Å². The van der Waals surface area contributed by atoms with Gasteiger partial charge in [-0.15, -0.1) is 0 Å². The fourth-order valence-corrected chi connectivity index (χ4v) is 2.45. The van der Waals surface area contributed by atoms with Crippen LogP contribution in [0, 0.1) is 5.92 Å². The molecule has 13 heavy (non-hydrogen) atoms. The Labute approximate surface area is 77.5 Å². The quantitative estimate of drug-likeness (QED) is 0.617. The van der Waals surface area contributed by atoms with Gasteiger partial charge in [0, 0.05) is 18.9 Å². The predicted octanol–water partition coefficient (Wildman–Crippen LogP) is 2.64. The third-order valence-corrected chi connectivity index (χ3v) is 3.20. The van der Waals surface area contributed by atoms with Crippen molar-refractivity contribution in [3.05, 3.63) is 0 Å². The highest BCUT2D eigenvalue weighted by Crippen LogP contribution is 2.35. The zero-order valence-corrected chi connectivity index (χ0v) is 7.72. The minimum Gasteiger partial charge on any atom is -0.378 e. The number of alkyl halides is 2. The van der Waals surface area contributed by atoms with Gasteiger partial charge in [0.2, 0.25) is 0 Å². The highest BCUT2D eigenvalue weighted by molar-refractivity contribution is 4.86. The van der Waals surface area contributed by atoms with Gasteiger partial charge >= 0.3 is 0 Å². The first-order chi connectivity index (χ1) is 6.27. The van der Waals surface area contributed by atoms with E-state index in [9.17, 15) is 8.78 Å². The Bertz CT molecular complexity index is 168. The zero-order valence-electron chi connectivity index (χ0n) is 7.72. The maximum absolute atomic E-state index is 13.4. The minimum atomic E-state index is -0.980. The second-order valence-electron chi connectivity index (χ2n) is 4.14. The van der Waals surface area contributed by atoms with E-state index in [1.807, 2.05) is 0 Å². The maximum Gasteiger partial charge on any atom is 0.108 e. The van der Waals surface area contributed by atoms with Gasteiger partial charge in [0.25, 0.3) is 0 Å². The fraction of sp³-hybridized carbons (Fsp3) is 1.00. The van der Waals surface area contributed by atoms with E-state index in [0.717, 1.165) is 19.4 Å². The molecule has 0 radical (unpaired) electrons. The molecular formula is C10H16F2O. The van der Waals surface area contributed by atoms with Crippen molar-refractivity contribution >= 4 is 0 Å². The highest BCUT2D eigenvalue weighted by atomic mass is 19.1. The van der Waals surface area contributed by atoms with Crippen LogP contribution < -0.4 is 0 Å². The topological polar surface area (TPSA) is 9.23 Å². The summed E-state index contributed by atoms with van der Waals surface area (Å²) in [5.41, 5.74) is 0. The molecule has 1 nitrogen and oxygen atoms in total. The summed E-state index contributed by atoms with van der Waals surface area (Å²) in [4.78, 5) is 0. The van der Waals surface area contributed by atoms with Crippen molar-refractivity contribution in [3.8, 4) is 0 Å². The molecule has 3 unspecified atom stereocenters. The summed E-state index contributed by atoms with van der Waals surface area (Å²) < 4.78 is 31.7. The molecular weight excluding hydrogens is 174 g/mol. The average molecular weight is 190 g/mol. The van der Waals surface area contributed by atoms with Crippen LogP contribution >= 0.6 is 0 Å². The standard InChI is InChI=1S/C10H16F2O/c11-7-3-4-8(9(12)6-7)10-2-1-5-13-10/h7-10H,1-6H2/t7?,8?,9?,10-/m1/s1. The molecule has 3 heteroatoms. The molecule has 2 fully saturated rings. The molecule has 0 aromatic rings. The second kappa shape index (κ2) is 3.91. The number of ether oxygens (including phenoxy) is 1. The molecule has 0 bridgehead atoms. The first-order valence-corrected chi connectivity index (χ1v) is 5.17. The lowest BCUT2D eigenvalue weighted by molar-refractivity contribution is -0.00793. The van der Waals surface area contributed by atoms with E-state index in [4.69, 9.17) is 4.74 Å². The minimum absolute atomic E-state index is 0.0329. The molecule has 1 saturated heterocycles. The van der Waals surface area contributed by atoms with E-state index in [0.29, 0.717) is 12.8 Å². The Balaban J connectivity index is 1.91. The second-order valence-corrected chi connectivity index (χ2v) is 4.14. The van der Waals surface area contributed by atoms with Crippen molar-refractivity contribution in [3.63, 3.8) is 0 Å². The van der Waals surface area contributed by atoms with Crippen LogP contribution in [0.4, 0.5) is 8.78 Å². The van der Waals surface area contributed by atoms with Crippen LogP contribution in [0.3, 0.4) is 0 Å². The molecule has 0 spiro atoms. The summed E-state index contributed by atoms with van der Waals surface area (Å²) in [5, 5.41) is 0. The molecule has 1 heterocycles. The maximum atomic E-state index is 13.4. The van der Waals surface area contributed by atoms with Gasteiger partial charge in [-0.3, -0.25) is 0 Å². The molecule has 4 atom stereocenters. The first kappa shape index (κ1) is 9.38. The SMILES string of the molecule is FC1CCC([C@H]2CCCO2)C(F)C1. The summed E-state index contributed by atoms with van der Waals surface area (Å²) >= 11 is 0. The molecule has 2 rings (SSSR count). The van der Waals surface area contributed by atoms with Gasteiger partial charge in [-0.2, -0.15) is 0 Å². The number of hydrogen-bond donors (Lipinski definition) is 0. The van der Waals surface area contributed by atoms with Crippen molar-refractivity contribution in [2.75, 3.05) is 6.61 Å². The average Bonchev–Trinajstić information content (AvgIpc) is 2.56. The van der Waals surface area contributed by atoms with E-state index >= 15 is 0 Å². The zero-order chi connectivity index (χ0) is 9.26. The Kier molecular flexibility index (Phi) is 2.82. The molecule has 76 valence electrons. The number of halogens is 2. The monoisotopic (exact) mass is 190 g/mol. The third-order valence-electron chi connectivity index (χ3n) is 3.20. The summed E-state index contributed by atoms with van der Waals surface area (Å²) in [6, 6.07) is 0. The normalized spacial score (nSPS) is 46.6. The van der Waals surface area contributed by atoms with E-state index in [1.165, 1.54) is 0 Å². The Morgan fingerprint density at radius 3 is 2.54 bits per heavy atom. The van der Waals surface area contributed by atoms with E-state index in [-0.39, 0.29) is 18.4 Å². The molecule has 1 saturated carbocycles. The van der Waals surface area contributed by atoms with Gasteiger partial charge in [0.05, 0.1) is 6.10 Å². The molecule has 1 aliphatic heterocycles. The van der Waals surface area contributed by atoms with Crippen molar-refractivity contribution < 1.29 is 13.5 Å². The van der Waals surface area contributed by atoms with Crippen molar-refractivity contribution in [2.24, 2.45) is 5.92 Å². The van der Waals surface area contributed by atoms with Gasteiger partial charge in [-0.25, -0.2) is 8.78 Å². The van der Waals surface area contributed by atoms with E-state index in [1.54, 1.807) is 0 Å². The fourth-order valence-electron chi connectivity index (χ4n) is 2.45. The van der Waals surface area contributed by atoms with Crippen molar-refractivity contribution in [2.45, 2.75) is 50.6 Å². The Hall–Kier alpha value is -0.180. The third kappa shape index (κ3) is 2.01. The van der Waals surface area contributed by atoms with Crippen LogP contribution in [0.25, 0.3) is 0 Å². The molecule has 0 aromatic heterocycles. The lowest BCUT2D eigenvalue weighted by Gasteiger charge is -2.31. The molecule has 2 aliphatic rings. The lowest BCUT2D eigenvalue weighted by atomic mass is 9.82. The summed E-state index contributed by atoms with van der Waals surface area (Å²) in [7, 11) is 0. The van der Waals surface area contributed by atoms with Crippen LogP contribution in [0.15, 0.2) is 0 Å².